The van der Waals surface area contributed by atoms with Gasteiger partial charge in [0, 0.05) is 0 Å². The Bertz CT molecular complexity index is 650. The lowest BCUT2D eigenvalue weighted by molar-refractivity contribution is 0.466. The summed E-state index contributed by atoms with van der Waals surface area (Å²) >= 11 is 0. The van der Waals surface area contributed by atoms with Crippen molar-refractivity contribution in [3.63, 3.8) is 0 Å². The molecule has 1 rings (SSSR count). The Balaban J connectivity index is 4.08. The minimum atomic E-state index is -4.85. The van der Waals surface area contributed by atoms with Crippen molar-refractivity contribution in [3.05, 3.63) is 36.4 Å². The van der Waals surface area contributed by atoms with E-state index in [1.165, 1.54) is 12.1 Å². The summed E-state index contributed by atoms with van der Waals surface area (Å²) < 4.78 is 63.1. The summed E-state index contributed by atoms with van der Waals surface area (Å²) in [5, 5.41) is 0. The van der Waals surface area contributed by atoms with Crippen LogP contribution < -0.4 is 0 Å². The lowest BCUT2D eigenvalue weighted by Crippen LogP contribution is -2.12. The summed E-state index contributed by atoms with van der Waals surface area (Å²) in [6.07, 6.45) is 2.09. The predicted octanol–water partition coefficient (Wildman–Crippen LogP) is 1.47. The molecule has 0 spiro atoms. The molecule has 0 aliphatic rings. The molecule has 0 radical (unpaired) electrons. The maximum atomic E-state index is 11.2. The van der Waals surface area contributed by atoms with Gasteiger partial charge in [0.25, 0.3) is 20.2 Å². The third kappa shape index (κ3) is 2.67. The Hall–Kier alpha value is -1.48. The van der Waals surface area contributed by atoms with Gasteiger partial charge in [-0.1, -0.05) is 37.4 Å². The SMILES string of the molecule is C=Cc1ccc(C=C)c(S(=O)(=O)O)c1S(=O)(=O)O. The first kappa shape index (κ1) is 14.6. The molecule has 1 aromatic rings. The van der Waals surface area contributed by atoms with Gasteiger partial charge in [-0.25, -0.2) is 0 Å². The lowest BCUT2D eigenvalue weighted by atomic mass is 10.1. The van der Waals surface area contributed by atoms with E-state index < -0.39 is 30.0 Å². The van der Waals surface area contributed by atoms with Crippen molar-refractivity contribution in [2.24, 2.45) is 0 Å². The fourth-order valence-electron chi connectivity index (χ4n) is 1.45. The molecule has 18 heavy (non-hydrogen) atoms. The summed E-state index contributed by atoms with van der Waals surface area (Å²) in [7, 11) is -9.70. The molecule has 0 atom stereocenters. The van der Waals surface area contributed by atoms with Crippen molar-refractivity contribution in [2.75, 3.05) is 0 Å². The van der Waals surface area contributed by atoms with Crippen LogP contribution in [0.2, 0.25) is 0 Å². The van der Waals surface area contributed by atoms with Crippen LogP contribution in [-0.2, 0) is 20.2 Å². The zero-order chi connectivity index (χ0) is 14.1. The summed E-state index contributed by atoms with van der Waals surface area (Å²) in [5.74, 6) is 0. The second-order valence-corrected chi connectivity index (χ2v) is 5.98. The fraction of sp³-hybridized carbons (Fsp3) is 0. The molecular weight excluding hydrogens is 280 g/mol. The van der Waals surface area contributed by atoms with Crippen LogP contribution >= 0.6 is 0 Å². The molecule has 0 saturated heterocycles. The van der Waals surface area contributed by atoms with Crippen molar-refractivity contribution >= 4 is 32.4 Å². The second-order valence-electron chi connectivity index (χ2n) is 3.26. The molecule has 8 heteroatoms. The van der Waals surface area contributed by atoms with Crippen LogP contribution in [0.1, 0.15) is 11.1 Å². The normalized spacial score (nSPS) is 12.1. The van der Waals surface area contributed by atoms with Gasteiger partial charge < -0.3 is 0 Å². The van der Waals surface area contributed by atoms with E-state index in [0.717, 1.165) is 12.2 Å². The van der Waals surface area contributed by atoms with E-state index in [4.69, 9.17) is 9.11 Å². The molecule has 0 heterocycles. The molecule has 0 aliphatic carbocycles. The molecule has 1 aromatic carbocycles. The van der Waals surface area contributed by atoms with Gasteiger partial charge in [-0.15, -0.1) is 0 Å². The van der Waals surface area contributed by atoms with E-state index >= 15 is 0 Å². The van der Waals surface area contributed by atoms with Crippen molar-refractivity contribution in [2.45, 2.75) is 9.79 Å². The molecule has 0 aromatic heterocycles. The first-order valence-corrected chi connectivity index (χ1v) is 7.37. The van der Waals surface area contributed by atoms with E-state index in [2.05, 4.69) is 13.2 Å². The summed E-state index contributed by atoms with van der Waals surface area (Å²) in [6.45, 7) is 6.61. The maximum absolute atomic E-state index is 11.2. The Morgan fingerprint density at radius 2 is 1.11 bits per heavy atom. The molecular formula is C10H10O6S2. The highest BCUT2D eigenvalue weighted by atomic mass is 32.2. The third-order valence-corrected chi connectivity index (χ3v) is 4.17. The number of benzene rings is 1. The highest BCUT2D eigenvalue weighted by Crippen LogP contribution is 2.29. The van der Waals surface area contributed by atoms with Gasteiger partial charge in [0.1, 0.15) is 9.79 Å². The van der Waals surface area contributed by atoms with E-state index in [1.807, 2.05) is 0 Å². The van der Waals surface area contributed by atoms with Gasteiger partial charge in [-0.2, -0.15) is 16.8 Å². The van der Waals surface area contributed by atoms with Crippen LogP contribution in [0.25, 0.3) is 12.2 Å². The Morgan fingerprint density at radius 1 is 0.833 bits per heavy atom. The van der Waals surface area contributed by atoms with E-state index in [1.54, 1.807) is 0 Å². The molecule has 0 unspecified atom stereocenters. The van der Waals surface area contributed by atoms with Crippen molar-refractivity contribution < 1.29 is 25.9 Å². The second kappa shape index (κ2) is 4.65. The first-order valence-electron chi connectivity index (χ1n) is 4.49. The van der Waals surface area contributed by atoms with E-state index in [0.29, 0.717) is 0 Å². The van der Waals surface area contributed by atoms with Crippen LogP contribution in [0.3, 0.4) is 0 Å². The smallest absolute Gasteiger partial charge is 0.282 e. The Kier molecular flexibility index (Phi) is 3.77. The largest absolute Gasteiger partial charge is 0.296 e. The zero-order valence-electron chi connectivity index (χ0n) is 9.07. The topological polar surface area (TPSA) is 109 Å². The fourth-order valence-corrected chi connectivity index (χ4v) is 3.68. The quantitative estimate of drug-likeness (QED) is 0.813. The highest BCUT2D eigenvalue weighted by molar-refractivity contribution is 7.89. The molecule has 0 fully saturated rings. The molecule has 2 N–H and O–H groups in total. The van der Waals surface area contributed by atoms with Gasteiger partial charge in [0.05, 0.1) is 0 Å². The van der Waals surface area contributed by atoms with E-state index in [9.17, 15) is 16.8 Å². The highest BCUT2D eigenvalue weighted by Gasteiger charge is 2.28. The minimum Gasteiger partial charge on any atom is -0.282 e. The molecule has 98 valence electrons. The number of rotatable bonds is 4. The van der Waals surface area contributed by atoms with Crippen LogP contribution in [0.5, 0.6) is 0 Å². The third-order valence-electron chi connectivity index (χ3n) is 2.13. The van der Waals surface area contributed by atoms with Crippen molar-refractivity contribution in [3.8, 4) is 0 Å². The van der Waals surface area contributed by atoms with Gasteiger partial charge >= 0.3 is 0 Å². The van der Waals surface area contributed by atoms with E-state index in [-0.39, 0.29) is 11.1 Å². The zero-order valence-corrected chi connectivity index (χ0v) is 10.7. The average Bonchev–Trinajstić information content (AvgIpc) is 2.24. The predicted molar refractivity (Wildman–Crippen MR) is 66.3 cm³/mol. The first-order chi connectivity index (χ1) is 8.12. The summed E-state index contributed by atoms with van der Waals surface area (Å²) in [4.78, 5) is -1.84. The number of hydrogen-bond donors (Lipinski definition) is 2. The van der Waals surface area contributed by atoms with Crippen molar-refractivity contribution in [1.29, 1.82) is 0 Å². The lowest BCUT2D eigenvalue weighted by Gasteiger charge is -2.11. The average molecular weight is 290 g/mol. The molecule has 0 amide bonds. The minimum absolute atomic E-state index is 0.143. The number of hydrogen-bond acceptors (Lipinski definition) is 4. The molecule has 0 bridgehead atoms. The molecule has 0 saturated carbocycles. The van der Waals surface area contributed by atoms with Gasteiger partial charge in [-0.3, -0.25) is 9.11 Å². The van der Waals surface area contributed by atoms with Gasteiger partial charge in [0.15, 0.2) is 0 Å². The molecule has 6 nitrogen and oxygen atoms in total. The standard InChI is InChI=1S/C10H10O6S2/c1-3-7-5-6-8(4-2)10(18(14,15)16)9(7)17(11,12)13/h3-6H,1-2H2,(H,11,12,13)(H,14,15,16). The van der Waals surface area contributed by atoms with Crippen LogP contribution in [-0.4, -0.2) is 25.9 Å². The van der Waals surface area contributed by atoms with Crippen LogP contribution in [0.4, 0.5) is 0 Å². The van der Waals surface area contributed by atoms with Crippen molar-refractivity contribution in [1.82, 2.24) is 0 Å². The molecule has 0 aliphatic heterocycles. The van der Waals surface area contributed by atoms with Crippen LogP contribution in [0.15, 0.2) is 35.1 Å². The van der Waals surface area contributed by atoms with Gasteiger partial charge in [-0.05, 0) is 11.1 Å². The monoisotopic (exact) mass is 290 g/mol. The Morgan fingerprint density at radius 3 is 1.28 bits per heavy atom. The Labute approximate surface area is 105 Å². The van der Waals surface area contributed by atoms with Crippen LogP contribution in [0, 0.1) is 0 Å². The maximum Gasteiger partial charge on any atom is 0.296 e. The summed E-state index contributed by atoms with van der Waals surface area (Å²) in [5.41, 5.74) is -0.286. The van der Waals surface area contributed by atoms with Gasteiger partial charge in [0.2, 0.25) is 0 Å². The summed E-state index contributed by atoms with van der Waals surface area (Å²) in [6, 6.07) is 2.48.